The van der Waals surface area contributed by atoms with Crippen molar-refractivity contribution in [1.82, 2.24) is 0 Å². The van der Waals surface area contributed by atoms with Gasteiger partial charge in [0.15, 0.2) is 0 Å². The molecule has 1 aromatic rings. The quantitative estimate of drug-likeness (QED) is 0.785. The van der Waals surface area contributed by atoms with Crippen molar-refractivity contribution in [3.05, 3.63) is 18.2 Å². The maximum Gasteiger partial charge on any atom is 0.225 e. The van der Waals surface area contributed by atoms with Crippen LogP contribution in [0.1, 0.15) is 13.3 Å². The molecule has 0 spiro atoms. The van der Waals surface area contributed by atoms with Crippen LogP contribution < -0.4 is 10.6 Å². The van der Waals surface area contributed by atoms with Gasteiger partial charge >= 0.3 is 0 Å². The highest BCUT2D eigenvalue weighted by Gasteiger charge is 2.13. The van der Waals surface area contributed by atoms with Gasteiger partial charge in [-0.25, -0.2) is 0 Å². The molecule has 16 heavy (non-hydrogen) atoms. The zero-order valence-corrected chi connectivity index (χ0v) is 9.69. The highest BCUT2D eigenvalue weighted by atomic mass is 32.2. The van der Waals surface area contributed by atoms with Crippen molar-refractivity contribution in [1.29, 1.82) is 0 Å². The first-order chi connectivity index (χ1) is 7.65. The molecular weight excluding hydrogens is 224 g/mol. The van der Waals surface area contributed by atoms with Crippen LogP contribution in [-0.4, -0.2) is 17.6 Å². The van der Waals surface area contributed by atoms with E-state index in [1.165, 1.54) is 6.92 Å². The monoisotopic (exact) mass is 236 g/mol. The molecule has 1 aliphatic rings. The summed E-state index contributed by atoms with van der Waals surface area (Å²) >= 11 is 1.62. The van der Waals surface area contributed by atoms with Crippen molar-refractivity contribution in [2.24, 2.45) is 0 Å². The van der Waals surface area contributed by atoms with E-state index >= 15 is 0 Å². The number of benzene rings is 1. The fourth-order valence-electron chi connectivity index (χ4n) is 1.49. The van der Waals surface area contributed by atoms with E-state index in [0.29, 0.717) is 6.42 Å². The Labute approximate surface area is 97.8 Å². The van der Waals surface area contributed by atoms with Gasteiger partial charge in [-0.3, -0.25) is 9.59 Å². The molecule has 0 aliphatic carbocycles. The van der Waals surface area contributed by atoms with Gasteiger partial charge in [0.05, 0.1) is 5.69 Å². The fourth-order valence-corrected chi connectivity index (χ4v) is 2.48. The second-order valence-corrected chi connectivity index (χ2v) is 4.68. The molecule has 0 aromatic heterocycles. The number of amides is 2. The van der Waals surface area contributed by atoms with E-state index in [-0.39, 0.29) is 11.8 Å². The van der Waals surface area contributed by atoms with Gasteiger partial charge in [0.1, 0.15) is 0 Å². The number of hydrogen-bond donors (Lipinski definition) is 2. The Bertz CT molecular complexity index is 446. The van der Waals surface area contributed by atoms with Crippen LogP contribution in [0, 0.1) is 0 Å². The highest BCUT2D eigenvalue weighted by molar-refractivity contribution is 7.99. The zero-order valence-electron chi connectivity index (χ0n) is 8.87. The van der Waals surface area contributed by atoms with Crippen molar-refractivity contribution >= 4 is 35.0 Å². The summed E-state index contributed by atoms with van der Waals surface area (Å²) < 4.78 is 0. The predicted octanol–water partition coefficient (Wildman–Crippen LogP) is 2.08. The van der Waals surface area contributed by atoms with E-state index in [1.54, 1.807) is 17.8 Å². The normalized spacial score (nSPS) is 14.7. The van der Waals surface area contributed by atoms with Gasteiger partial charge in [0, 0.05) is 29.7 Å². The average molecular weight is 236 g/mol. The summed E-state index contributed by atoms with van der Waals surface area (Å²) in [4.78, 5) is 23.2. The van der Waals surface area contributed by atoms with Crippen molar-refractivity contribution in [2.75, 3.05) is 16.4 Å². The van der Waals surface area contributed by atoms with E-state index < -0.39 is 0 Å². The largest absolute Gasteiger partial charge is 0.326 e. The minimum absolute atomic E-state index is 0.0403. The van der Waals surface area contributed by atoms with Crippen LogP contribution in [0.15, 0.2) is 23.1 Å². The topological polar surface area (TPSA) is 58.2 Å². The fraction of sp³-hybridized carbons (Fsp3) is 0.273. The second kappa shape index (κ2) is 4.57. The Morgan fingerprint density at radius 3 is 3.06 bits per heavy atom. The first-order valence-corrected chi connectivity index (χ1v) is 5.98. The van der Waals surface area contributed by atoms with Crippen molar-refractivity contribution in [3.8, 4) is 0 Å². The molecule has 84 valence electrons. The molecule has 0 saturated carbocycles. The van der Waals surface area contributed by atoms with Crippen LogP contribution in [0.3, 0.4) is 0 Å². The van der Waals surface area contributed by atoms with Crippen LogP contribution in [0.5, 0.6) is 0 Å². The number of anilines is 2. The third-order valence-corrected chi connectivity index (χ3v) is 3.22. The zero-order chi connectivity index (χ0) is 11.5. The molecule has 1 heterocycles. The van der Waals surface area contributed by atoms with Gasteiger partial charge in [-0.05, 0) is 18.2 Å². The first kappa shape index (κ1) is 11.0. The second-order valence-electron chi connectivity index (χ2n) is 3.54. The minimum Gasteiger partial charge on any atom is -0.326 e. The minimum atomic E-state index is -0.0948. The Kier molecular flexibility index (Phi) is 3.14. The molecule has 5 heteroatoms. The van der Waals surface area contributed by atoms with Crippen LogP contribution in [0.4, 0.5) is 11.4 Å². The summed E-state index contributed by atoms with van der Waals surface area (Å²) in [5.41, 5.74) is 1.58. The Morgan fingerprint density at radius 2 is 2.31 bits per heavy atom. The smallest absolute Gasteiger partial charge is 0.225 e. The number of fused-ring (bicyclic) bond motifs is 1. The van der Waals surface area contributed by atoms with Gasteiger partial charge < -0.3 is 10.6 Å². The molecule has 0 fully saturated rings. The number of hydrogen-bond acceptors (Lipinski definition) is 3. The molecule has 1 aromatic carbocycles. The summed E-state index contributed by atoms with van der Waals surface area (Å²) in [6, 6.07) is 5.48. The number of carbonyl (C=O) groups excluding carboxylic acids is 2. The molecule has 0 atom stereocenters. The average Bonchev–Trinajstić information content (AvgIpc) is 2.37. The summed E-state index contributed by atoms with van der Waals surface area (Å²) in [5, 5.41) is 5.55. The summed E-state index contributed by atoms with van der Waals surface area (Å²) in [5.74, 6) is 0.712. The highest BCUT2D eigenvalue weighted by Crippen LogP contribution is 2.32. The number of rotatable bonds is 1. The molecular formula is C11H12N2O2S. The molecule has 4 nitrogen and oxygen atoms in total. The SMILES string of the molecule is CC(=O)Nc1ccc2c(c1)SCCC(=O)N2. The lowest BCUT2D eigenvalue weighted by Gasteiger charge is -2.08. The third-order valence-electron chi connectivity index (χ3n) is 2.16. The lowest BCUT2D eigenvalue weighted by Crippen LogP contribution is -2.10. The van der Waals surface area contributed by atoms with Crippen molar-refractivity contribution in [2.45, 2.75) is 18.2 Å². The summed E-state index contributed by atoms with van der Waals surface area (Å²) in [6.07, 6.45) is 0.523. The molecule has 2 amide bonds. The lowest BCUT2D eigenvalue weighted by atomic mass is 10.2. The van der Waals surface area contributed by atoms with E-state index in [9.17, 15) is 9.59 Å². The third kappa shape index (κ3) is 2.55. The molecule has 0 saturated heterocycles. The molecule has 0 bridgehead atoms. The van der Waals surface area contributed by atoms with Crippen LogP contribution in [0.2, 0.25) is 0 Å². The molecule has 1 aliphatic heterocycles. The van der Waals surface area contributed by atoms with Gasteiger partial charge in [-0.15, -0.1) is 11.8 Å². The Morgan fingerprint density at radius 1 is 1.50 bits per heavy atom. The molecule has 0 radical (unpaired) electrons. The van der Waals surface area contributed by atoms with Gasteiger partial charge in [-0.1, -0.05) is 0 Å². The lowest BCUT2D eigenvalue weighted by molar-refractivity contribution is -0.116. The van der Waals surface area contributed by atoms with E-state index in [0.717, 1.165) is 22.0 Å². The Hall–Kier alpha value is -1.49. The van der Waals surface area contributed by atoms with Crippen molar-refractivity contribution in [3.63, 3.8) is 0 Å². The molecule has 0 unspecified atom stereocenters. The Balaban J connectivity index is 2.27. The van der Waals surface area contributed by atoms with Crippen LogP contribution in [-0.2, 0) is 9.59 Å². The maximum atomic E-state index is 11.3. The van der Waals surface area contributed by atoms with E-state index in [1.807, 2.05) is 12.1 Å². The van der Waals surface area contributed by atoms with Gasteiger partial charge in [0.2, 0.25) is 11.8 Å². The van der Waals surface area contributed by atoms with Crippen LogP contribution in [0.25, 0.3) is 0 Å². The summed E-state index contributed by atoms with van der Waals surface area (Å²) in [7, 11) is 0. The molecule has 2 N–H and O–H groups in total. The van der Waals surface area contributed by atoms with Gasteiger partial charge in [-0.2, -0.15) is 0 Å². The molecule has 2 rings (SSSR count). The number of nitrogens with one attached hydrogen (secondary N) is 2. The standard InChI is InChI=1S/C11H12N2O2S/c1-7(14)12-8-2-3-9-10(6-8)16-5-4-11(15)13-9/h2-3,6H,4-5H2,1H3,(H,12,14)(H,13,15). The van der Waals surface area contributed by atoms with E-state index in [2.05, 4.69) is 10.6 Å². The number of carbonyl (C=O) groups is 2. The maximum absolute atomic E-state index is 11.3. The summed E-state index contributed by atoms with van der Waals surface area (Å²) in [6.45, 7) is 1.47. The van der Waals surface area contributed by atoms with Gasteiger partial charge in [0.25, 0.3) is 0 Å². The first-order valence-electron chi connectivity index (χ1n) is 4.99. The van der Waals surface area contributed by atoms with Crippen molar-refractivity contribution < 1.29 is 9.59 Å². The number of thioether (sulfide) groups is 1. The predicted molar refractivity (Wildman–Crippen MR) is 64.7 cm³/mol. The van der Waals surface area contributed by atoms with Crippen LogP contribution >= 0.6 is 11.8 Å². The van der Waals surface area contributed by atoms with E-state index in [4.69, 9.17) is 0 Å².